The van der Waals surface area contributed by atoms with Gasteiger partial charge >= 0.3 is 0 Å². The molecule has 0 saturated heterocycles. The van der Waals surface area contributed by atoms with E-state index in [1.807, 2.05) is 0 Å². The lowest BCUT2D eigenvalue weighted by atomic mass is 10.2. The van der Waals surface area contributed by atoms with Crippen LogP contribution in [0.2, 0.25) is 5.02 Å². The Morgan fingerprint density at radius 2 is 1.85 bits per heavy atom. The van der Waals surface area contributed by atoms with E-state index < -0.39 is 15.9 Å². The number of hydrogen-bond acceptors (Lipinski definition) is 4. The number of hydrogen-bond donors (Lipinski definition) is 1. The molecule has 27 heavy (non-hydrogen) atoms. The Morgan fingerprint density at radius 1 is 1.15 bits per heavy atom. The van der Waals surface area contributed by atoms with Gasteiger partial charge in [0.05, 0.1) is 10.6 Å². The van der Waals surface area contributed by atoms with Crippen molar-refractivity contribution in [3.8, 4) is 0 Å². The van der Waals surface area contributed by atoms with Gasteiger partial charge in [-0.25, -0.2) is 8.42 Å². The fourth-order valence-corrected chi connectivity index (χ4v) is 4.19. The molecule has 2 aromatic carbocycles. The summed E-state index contributed by atoms with van der Waals surface area (Å²) in [5, 5.41) is 3.15. The average Bonchev–Trinajstić information content (AvgIpc) is 2.66. The van der Waals surface area contributed by atoms with Gasteiger partial charge in [-0.1, -0.05) is 35.9 Å². The summed E-state index contributed by atoms with van der Waals surface area (Å²) < 4.78 is 32.4. The van der Waals surface area contributed by atoms with Crippen LogP contribution < -0.4 is 9.62 Å². The number of ether oxygens (including phenoxy) is 1. The number of benzene rings is 2. The van der Waals surface area contributed by atoms with E-state index in [9.17, 15) is 13.2 Å². The normalized spacial score (nSPS) is 11.2. The predicted octanol–water partition coefficient (Wildman–Crippen LogP) is 3.00. The van der Waals surface area contributed by atoms with Crippen molar-refractivity contribution >= 4 is 33.2 Å². The zero-order valence-electron chi connectivity index (χ0n) is 15.3. The summed E-state index contributed by atoms with van der Waals surface area (Å²) in [6.45, 7) is 2.30. The first kappa shape index (κ1) is 21.2. The minimum absolute atomic E-state index is 0.108. The van der Waals surface area contributed by atoms with Gasteiger partial charge in [-0.15, -0.1) is 0 Å². The first-order valence-corrected chi connectivity index (χ1v) is 10.3. The molecule has 6 nitrogen and oxygen atoms in total. The van der Waals surface area contributed by atoms with Gasteiger partial charge in [-0.3, -0.25) is 9.10 Å². The molecule has 0 atom stereocenters. The van der Waals surface area contributed by atoms with Crippen LogP contribution >= 0.6 is 11.6 Å². The molecule has 0 spiro atoms. The molecule has 0 heterocycles. The average molecular weight is 411 g/mol. The summed E-state index contributed by atoms with van der Waals surface area (Å²) in [6.07, 6.45) is 0.643. The zero-order valence-corrected chi connectivity index (χ0v) is 16.9. The van der Waals surface area contributed by atoms with Gasteiger partial charge in [-0.2, -0.15) is 0 Å². The lowest BCUT2D eigenvalue weighted by Crippen LogP contribution is -2.41. The summed E-state index contributed by atoms with van der Waals surface area (Å²) in [7, 11) is -2.35. The lowest BCUT2D eigenvalue weighted by molar-refractivity contribution is -0.119. The fourth-order valence-electron chi connectivity index (χ4n) is 2.52. The first-order chi connectivity index (χ1) is 12.9. The number of anilines is 1. The molecule has 0 fully saturated rings. The maximum absolute atomic E-state index is 13.2. The molecule has 0 unspecified atom stereocenters. The number of nitrogens with zero attached hydrogens (tertiary/aromatic N) is 1. The molecule has 2 rings (SSSR count). The second-order valence-electron chi connectivity index (χ2n) is 5.91. The second-order valence-corrected chi connectivity index (χ2v) is 8.17. The van der Waals surface area contributed by atoms with Crippen LogP contribution in [-0.2, 0) is 19.6 Å². The van der Waals surface area contributed by atoms with Crippen molar-refractivity contribution in [2.24, 2.45) is 0 Å². The van der Waals surface area contributed by atoms with E-state index in [-0.39, 0.29) is 11.4 Å². The standard InChI is InChI=1S/C19H23ClN2O4S/c1-15-17(20)10-6-11-18(15)22(14-19(23)21-12-7-13-26-2)27(24,25)16-8-4-3-5-9-16/h3-6,8-11H,7,12-14H2,1-2H3,(H,21,23). The fraction of sp³-hybridized carbons (Fsp3) is 0.316. The Bertz CT molecular complexity index is 873. The molecular weight excluding hydrogens is 388 g/mol. The van der Waals surface area contributed by atoms with Crippen LogP contribution in [0.5, 0.6) is 0 Å². The lowest BCUT2D eigenvalue weighted by Gasteiger charge is -2.26. The molecule has 0 saturated carbocycles. The summed E-state index contributed by atoms with van der Waals surface area (Å²) >= 11 is 6.17. The third kappa shape index (κ3) is 5.45. The van der Waals surface area contributed by atoms with E-state index >= 15 is 0 Å². The SMILES string of the molecule is COCCCNC(=O)CN(c1cccc(Cl)c1C)S(=O)(=O)c1ccccc1. The third-order valence-corrected chi connectivity index (χ3v) is 6.16. The van der Waals surface area contributed by atoms with E-state index in [2.05, 4.69) is 5.32 Å². The van der Waals surface area contributed by atoms with Crippen molar-refractivity contribution in [2.45, 2.75) is 18.2 Å². The molecular formula is C19H23ClN2O4S. The van der Waals surface area contributed by atoms with Crippen LogP contribution in [0.15, 0.2) is 53.4 Å². The number of carbonyl (C=O) groups is 1. The molecule has 0 aliphatic carbocycles. The van der Waals surface area contributed by atoms with Gasteiger partial charge in [-0.05, 0) is 43.2 Å². The second kappa shape index (κ2) is 9.73. The highest BCUT2D eigenvalue weighted by molar-refractivity contribution is 7.92. The topological polar surface area (TPSA) is 75.7 Å². The highest BCUT2D eigenvalue weighted by Crippen LogP contribution is 2.30. The van der Waals surface area contributed by atoms with Crippen LogP contribution in [-0.4, -0.2) is 41.1 Å². The van der Waals surface area contributed by atoms with Crippen molar-refractivity contribution in [3.63, 3.8) is 0 Å². The molecule has 0 aromatic heterocycles. The Morgan fingerprint density at radius 3 is 2.52 bits per heavy atom. The molecule has 0 aliphatic heterocycles. The number of methoxy groups -OCH3 is 1. The van der Waals surface area contributed by atoms with Crippen molar-refractivity contribution < 1.29 is 17.9 Å². The number of sulfonamides is 1. The van der Waals surface area contributed by atoms with Gasteiger partial charge < -0.3 is 10.1 Å². The Balaban J connectivity index is 2.35. The molecule has 0 bridgehead atoms. The largest absolute Gasteiger partial charge is 0.385 e. The minimum Gasteiger partial charge on any atom is -0.385 e. The van der Waals surface area contributed by atoms with Crippen LogP contribution in [0.3, 0.4) is 0 Å². The van der Waals surface area contributed by atoms with Gasteiger partial charge in [0.15, 0.2) is 0 Å². The molecule has 1 N–H and O–H groups in total. The minimum atomic E-state index is -3.93. The van der Waals surface area contributed by atoms with Crippen LogP contribution in [0.4, 0.5) is 5.69 Å². The van der Waals surface area contributed by atoms with Gasteiger partial charge in [0.2, 0.25) is 5.91 Å². The molecule has 2 aromatic rings. The quantitative estimate of drug-likeness (QED) is 0.645. The number of amides is 1. The maximum Gasteiger partial charge on any atom is 0.264 e. The van der Waals surface area contributed by atoms with Crippen molar-refractivity contribution in [2.75, 3.05) is 31.1 Å². The van der Waals surface area contributed by atoms with E-state index in [1.165, 1.54) is 12.1 Å². The van der Waals surface area contributed by atoms with Crippen LogP contribution in [0.25, 0.3) is 0 Å². The number of nitrogens with one attached hydrogen (secondary N) is 1. The maximum atomic E-state index is 13.2. The van der Waals surface area contributed by atoms with Gasteiger partial charge in [0.1, 0.15) is 6.54 Å². The summed E-state index contributed by atoms with van der Waals surface area (Å²) in [5.41, 5.74) is 0.962. The van der Waals surface area contributed by atoms with Gasteiger partial charge in [0, 0.05) is 25.3 Å². The highest BCUT2D eigenvalue weighted by atomic mass is 35.5. The number of rotatable bonds is 9. The van der Waals surface area contributed by atoms with E-state index in [1.54, 1.807) is 50.4 Å². The third-order valence-electron chi connectivity index (χ3n) is 3.97. The molecule has 0 aliphatic rings. The van der Waals surface area contributed by atoms with E-state index in [4.69, 9.17) is 16.3 Å². The molecule has 1 amide bonds. The summed E-state index contributed by atoms with van der Waals surface area (Å²) in [6, 6.07) is 13.0. The van der Waals surface area contributed by atoms with Crippen LogP contribution in [0.1, 0.15) is 12.0 Å². The zero-order chi connectivity index (χ0) is 19.9. The Labute approximate surface area is 165 Å². The van der Waals surface area contributed by atoms with Crippen molar-refractivity contribution in [1.82, 2.24) is 5.32 Å². The van der Waals surface area contributed by atoms with Crippen molar-refractivity contribution in [3.05, 3.63) is 59.1 Å². The summed E-state index contributed by atoms with van der Waals surface area (Å²) in [5.74, 6) is -0.398. The summed E-state index contributed by atoms with van der Waals surface area (Å²) in [4.78, 5) is 12.5. The Kier molecular flexibility index (Phi) is 7.65. The first-order valence-electron chi connectivity index (χ1n) is 8.46. The molecule has 146 valence electrons. The number of halogens is 1. The predicted molar refractivity (Wildman–Crippen MR) is 107 cm³/mol. The van der Waals surface area contributed by atoms with Crippen LogP contribution in [0, 0.1) is 6.92 Å². The molecule has 0 radical (unpaired) electrons. The van der Waals surface area contributed by atoms with E-state index in [0.717, 1.165) is 4.31 Å². The highest BCUT2D eigenvalue weighted by Gasteiger charge is 2.28. The molecule has 8 heteroatoms. The number of carbonyl (C=O) groups excluding carboxylic acids is 1. The van der Waals surface area contributed by atoms with Crippen molar-refractivity contribution in [1.29, 1.82) is 0 Å². The smallest absolute Gasteiger partial charge is 0.264 e. The Hall–Kier alpha value is -2.09. The monoisotopic (exact) mass is 410 g/mol. The van der Waals surface area contributed by atoms with Gasteiger partial charge in [0.25, 0.3) is 10.0 Å². The van der Waals surface area contributed by atoms with E-state index in [0.29, 0.717) is 35.8 Å².